The Morgan fingerprint density at radius 3 is 3.07 bits per heavy atom. The van der Waals surface area contributed by atoms with Gasteiger partial charge in [0.25, 0.3) is 0 Å². The maximum Gasteiger partial charge on any atom is 0.164 e. The van der Waals surface area contributed by atoms with Gasteiger partial charge in [-0.05, 0) is 20.4 Å². The van der Waals surface area contributed by atoms with E-state index in [0.717, 1.165) is 18.9 Å². The summed E-state index contributed by atoms with van der Waals surface area (Å²) in [5.41, 5.74) is 0. The van der Waals surface area contributed by atoms with Gasteiger partial charge < -0.3 is 10.1 Å². The van der Waals surface area contributed by atoms with Crippen LogP contribution in [-0.2, 0) is 11.3 Å². The average molecular weight is 198 g/mol. The molecule has 0 saturated heterocycles. The minimum Gasteiger partial charge on any atom is -0.385 e. The second kappa shape index (κ2) is 5.72. The van der Waals surface area contributed by atoms with Crippen molar-refractivity contribution in [3.05, 3.63) is 12.2 Å². The van der Waals surface area contributed by atoms with Crippen LogP contribution in [0.15, 0.2) is 6.33 Å². The summed E-state index contributed by atoms with van der Waals surface area (Å²) in [5.74, 6) is 0.830. The highest BCUT2D eigenvalue weighted by Gasteiger charge is 2.06. The van der Waals surface area contributed by atoms with Crippen LogP contribution in [0.5, 0.6) is 0 Å². The van der Waals surface area contributed by atoms with Crippen LogP contribution in [0.3, 0.4) is 0 Å². The largest absolute Gasteiger partial charge is 0.385 e. The average Bonchev–Trinajstić information content (AvgIpc) is 2.63. The molecule has 0 aromatic carbocycles. The van der Waals surface area contributed by atoms with Crippen LogP contribution in [0.4, 0.5) is 0 Å². The summed E-state index contributed by atoms with van der Waals surface area (Å²) in [6.45, 7) is 3.57. The molecule has 0 bridgehead atoms. The van der Waals surface area contributed by atoms with E-state index in [1.165, 1.54) is 0 Å². The molecule has 0 aliphatic heterocycles. The molecule has 0 aliphatic rings. The number of aromatic nitrogens is 3. The van der Waals surface area contributed by atoms with Crippen molar-refractivity contribution in [2.45, 2.75) is 25.9 Å². The Balaban J connectivity index is 2.48. The van der Waals surface area contributed by atoms with Crippen LogP contribution < -0.4 is 5.32 Å². The lowest BCUT2D eigenvalue weighted by Crippen LogP contribution is -2.11. The molecule has 0 spiro atoms. The summed E-state index contributed by atoms with van der Waals surface area (Å²) in [6.07, 6.45) is 2.73. The molecule has 14 heavy (non-hydrogen) atoms. The lowest BCUT2D eigenvalue weighted by atomic mass is 10.2. The molecule has 1 aromatic rings. The number of nitrogens with one attached hydrogen (secondary N) is 1. The Labute approximate surface area is 84.5 Å². The van der Waals surface area contributed by atoms with Crippen molar-refractivity contribution in [2.75, 3.05) is 20.8 Å². The number of nitrogens with zero attached hydrogens (tertiary/aromatic N) is 3. The van der Waals surface area contributed by atoms with Crippen LogP contribution in [0.2, 0.25) is 0 Å². The number of hydrogen-bond donors (Lipinski definition) is 1. The summed E-state index contributed by atoms with van der Waals surface area (Å²) in [5, 5.41) is 7.36. The van der Waals surface area contributed by atoms with Crippen molar-refractivity contribution in [3.8, 4) is 0 Å². The number of ether oxygens (including phenoxy) is 1. The van der Waals surface area contributed by atoms with Gasteiger partial charge in [-0.25, -0.2) is 9.67 Å². The Morgan fingerprint density at radius 2 is 2.43 bits per heavy atom. The summed E-state index contributed by atoms with van der Waals surface area (Å²) in [6, 6.07) is 0.341. The highest BCUT2D eigenvalue weighted by Crippen LogP contribution is 2.08. The van der Waals surface area contributed by atoms with Gasteiger partial charge in [0.1, 0.15) is 6.33 Å². The SMILES string of the molecule is CNCc1ncn(C(C)CCOC)n1. The molecule has 5 heteroatoms. The number of methoxy groups -OCH3 is 1. The molecule has 5 nitrogen and oxygen atoms in total. The van der Waals surface area contributed by atoms with Crippen LogP contribution in [-0.4, -0.2) is 35.5 Å². The van der Waals surface area contributed by atoms with E-state index in [2.05, 4.69) is 22.3 Å². The zero-order valence-electron chi connectivity index (χ0n) is 9.03. The lowest BCUT2D eigenvalue weighted by Gasteiger charge is -2.09. The zero-order chi connectivity index (χ0) is 10.4. The normalized spacial score (nSPS) is 13.1. The Morgan fingerprint density at radius 1 is 1.64 bits per heavy atom. The van der Waals surface area contributed by atoms with E-state index in [4.69, 9.17) is 4.74 Å². The molecular formula is C9H18N4O. The second-order valence-electron chi connectivity index (χ2n) is 3.30. The van der Waals surface area contributed by atoms with Gasteiger partial charge in [-0.1, -0.05) is 0 Å². The molecule has 1 rings (SSSR count). The summed E-state index contributed by atoms with van der Waals surface area (Å²) in [7, 11) is 3.59. The van der Waals surface area contributed by atoms with Gasteiger partial charge in [-0.2, -0.15) is 5.10 Å². The van der Waals surface area contributed by atoms with Crippen LogP contribution in [0.1, 0.15) is 25.2 Å². The van der Waals surface area contributed by atoms with Crippen LogP contribution in [0, 0.1) is 0 Å². The van der Waals surface area contributed by atoms with E-state index in [0.29, 0.717) is 12.6 Å². The minimum absolute atomic E-state index is 0.341. The van der Waals surface area contributed by atoms with E-state index in [-0.39, 0.29) is 0 Å². The Bertz CT molecular complexity index is 261. The van der Waals surface area contributed by atoms with Crippen LogP contribution >= 0.6 is 0 Å². The van der Waals surface area contributed by atoms with E-state index in [1.54, 1.807) is 13.4 Å². The van der Waals surface area contributed by atoms with Crippen LogP contribution in [0.25, 0.3) is 0 Å². The second-order valence-corrected chi connectivity index (χ2v) is 3.30. The van der Waals surface area contributed by atoms with Crippen molar-refractivity contribution >= 4 is 0 Å². The summed E-state index contributed by atoms with van der Waals surface area (Å²) >= 11 is 0. The monoisotopic (exact) mass is 198 g/mol. The molecule has 0 saturated carbocycles. The van der Waals surface area contributed by atoms with Gasteiger partial charge in [0.2, 0.25) is 0 Å². The van der Waals surface area contributed by atoms with Gasteiger partial charge in [0, 0.05) is 13.7 Å². The molecule has 0 aliphatic carbocycles. The van der Waals surface area contributed by atoms with E-state index in [9.17, 15) is 0 Å². The third kappa shape index (κ3) is 3.08. The fourth-order valence-electron chi connectivity index (χ4n) is 1.18. The quantitative estimate of drug-likeness (QED) is 0.727. The molecule has 1 N–H and O–H groups in total. The molecule has 0 fully saturated rings. The first-order valence-electron chi connectivity index (χ1n) is 4.81. The van der Waals surface area contributed by atoms with E-state index < -0.39 is 0 Å². The molecule has 0 amide bonds. The molecule has 1 heterocycles. The van der Waals surface area contributed by atoms with Gasteiger partial charge in [0.15, 0.2) is 5.82 Å². The van der Waals surface area contributed by atoms with Gasteiger partial charge >= 0.3 is 0 Å². The third-order valence-corrected chi connectivity index (χ3v) is 2.08. The standard InChI is InChI=1S/C9H18N4O/c1-8(4-5-14-3)13-7-11-9(12-13)6-10-2/h7-8,10H,4-6H2,1-3H3. The first kappa shape index (κ1) is 11.1. The van der Waals surface area contributed by atoms with Crippen molar-refractivity contribution in [1.29, 1.82) is 0 Å². The third-order valence-electron chi connectivity index (χ3n) is 2.08. The van der Waals surface area contributed by atoms with Gasteiger partial charge in [-0.15, -0.1) is 0 Å². The minimum atomic E-state index is 0.341. The molecule has 80 valence electrons. The van der Waals surface area contributed by atoms with Crippen molar-refractivity contribution in [1.82, 2.24) is 20.1 Å². The van der Waals surface area contributed by atoms with Crippen molar-refractivity contribution in [3.63, 3.8) is 0 Å². The number of rotatable bonds is 6. The first-order chi connectivity index (χ1) is 6.77. The smallest absolute Gasteiger partial charge is 0.164 e. The highest BCUT2D eigenvalue weighted by atomic mass is 16.5. The number of hydrogen-bond acceptors (Lipinski definition) is 4. The molecule has 1 aromatic heterocycles. The predicted octanol–water partition coefficient (Wildman–Crippen LogP) is 0.595. The van der Waals surface area contributed by atoms with Crippen molar-refractivity contribution in [2.24, 2.45) is 0 Å². The summed E-state index contributed by atoms with van der Waals surface area (Å²) < 4.78 is 6.90. The molecule has 1 unspecified atom stereocenters. The molecule has 1 atom stereocenters. The maximum absolute atomic E-state index is 5.01. The zero-order valence-corrected chi connectivity index (χ0v) is 9.03. The van der Waals surface area contributed by atoms with Gasteiger partial charge in [0.05, 0.1) is 12.6 Å². The molecular weight excluding hydrogens is 180 g/mol. The maximum atomic E-state index is 5.01. The van der Waals surface area contributed by atoms with Gasteiger partial charge in [-0.3, -0.25) is 0 Å². The Kier molecular flexibility index (Phi) is 4.55. The molecule has 0 radical (unpaired) electrons. The lowest BCUT2D eigenvalue weighted by molar-refractivity contribution is 0.178. The Hall–Kier alpha value is -0.940. The predicted molar refractivity (Wildman–Crippen MR) is 54.0 cm³/mol. The fraction of sp³-hybridized carbons (Fsp3) is 0.778. The van der Waals surface area contributed by atoms with Crippen molar-refractivity contribution < 1.29 is 4.74 Å². The van der Waals surface area contributed by atoms with E-state index >= 15 is 0 Å². The first-order valence-corrected chi connectivity index (χ1v) is 4.81. The van der Waals surface area contributed by atoms with E-state index in [1.807, 2.05) is 11.7 Å². The summed E-state index contributed by atoms with van der Waals surface area (Å²) in [4.78, 5) is 4.18. The highest BCUT2D eigenvalue weighted by molar-refractivity contribution is 4.81. The fourth-order valence-corrected chi connectivity index (χ4v) is 1.18. The topological polar surface area (TPSA) is 52.0 Å².